The lowest BCUT2D eigenvalue weighted by Crippen LogP contribution is -2.03. The fraction of sp³-hybridized carbons (Fsp3) is 0.0556. The predicted molar refractivity (Wildman–Crippen MR) is 91.7 cm³/mol. The lowest BCUT2D eigenvalue weighted by Gasteiger charge is -2.03. The van der Waals surface area contributed by atoms with Gasteiger partial charge in [0.2, 0.25) is 0 Å². The summed E-state index contributed by atoms with van der Waals surface area (Å²) < 4.78 is 5.44. The molecule has 0 amide bonds. The van der Waals surface area contributed by atoms with Crippen LogP contribution in [-0.4, -0.2) is 15.8 Å². The van der Waals surface area contributed by atoms with Gasteiger partial charge in [0, 0.05) is 22.5 Å². The van der Waals surface area contributed by atoms with Crippen LogP contribution in [0.15, 0.2) is 64.3 Å². The molecule has 0 aliphatic heterocycles. The van der Waals surface area contributed by atoms with Crippen LogP contribution in [0.3, 0.4) is 0 Å². The molecular formula is C18H14N4O. The van der Waals surface area contributed by atoms with Crippen LogP contribution in [0, 0.1) is 0 Å². The van der Waals surface area contributed by atoms with E-state index in [1.165, 1.54) is 0 Å². The zero-order chi connectivity index (χ0) is 15.8. The Balaban J connectivity index is 1.80. The van der Waals surface area contributed by atoms with Crippen LogP contribution in [0.25, 0.3) is 33.3 Å². The number of furan rings is 1. The van der Waals surface area contributed by atoms with Crippen LogP contribution in [0.1, 0.15) is 6.92 Å². The first-order chi connectivity index (χ1) is 11.2. The van der Waals surface area contributed by atoms with E-state index in [4.69, 9.17) is 10.2 Å². The Morgan fingerprint density at radius 3 is 2.87 bits per heavy atom. The normalized spacial score (nSPS) is 12.1. The molecule has 2 N–H and O–H groups in total. The zero-order valence-corrected chi connectivity index (χ0v) is 12.5. The molecule has 4 aromatic rings. The quantitative estimate of drug-likeness (QED) is 0.447. The largest absolute Gasteiger partial charge is 0.464 e. The van der Waals surface area contributed by atoms with E-state index < -0.39 is 0 Å². The minimum atomic E-state index is 0.522. The maximum absolute atomic E-state index is 5.62. The van der Waals surface area contributed by atoms with E-state index in [1.54, 1.807) is 19.4 Å². The Morgan fingerprint density at radius 2 is 2.00 bits per heavy atom. The first kappa shape index (κ1) is 13.5. The summed E-state index contributed by atoms with van der Waals surface area (Å²) in [6, 6.07) is 13.6. The van der Waals surface area contributed by atoms with Gasteiger partial charge in [0.1, 0.15) is 5.58 Å². The summed E-state index contributed by atoms with van der Waals surface area (Å²) in [5, 5.41) is 1.99. The summed E-state index contributed by atoms with van der Waals surface area (Å²) in [5.41, 5.74) is 9.03. The van der Waals surface area contributed by atoms with Crippen molar-refractivity contribution in [2.24, 2.45) is 10.7 Å². The van der Waals surface area contributed by atoms with Gasteiger partial charge in [-0.25, -0.2) is 15.0 Å². The smallest absolute Gasteiger partial charge is 0.159 e. The second-order valence-electron chi connectivity index (χ2n) is 5.36. The number of amidine groups is 1. The average molecular weight is 302 g/mol. The van der Waals surface area contributed by atoms with Gasteiger partial charge >= 0.3 is 0 Å². The Hall–Kier alpha value is -3.21. The lowest BCUT2D eigenvalue weighted by molar-refractivity contribution is 0.616. The van der Waals surface area contributed by atoms with Crippen LogP contribution < -0.4 is 5.73 Å². The van der Waals surface area contributed by atoms with Gasteiger partial charge in [-0.05, 0) is 37.3 Å². The van der Waals surface area contributed by atoms with Gasteiger partial charge in [-0.15, -0.1) is 0 Å². The van der Waals surface area contributed by atoms with Crippen molar-refractivity contribution in [1.29, 1.82) is 0 Å². The lowest BCUT2D eigenvalue weighted by atomic mass is 10.1. The molecular weight excluding hydrogens is 288 g/mol. The molecule has 112 valence electrons. The summed E-state index contributed by atoms with van der Waals surface area (Å²) in [5.74, 6) is 1.19. The highest BCUT2D eigenvalue weighted by Gasteiger charge is 2.06. The molecule has 0 bridgehead atoms. The van der Waals surface area contributed by atoms with Gasteiger partial charge in [-0.2, -0.15) is 0 Å². The topological polar surface area (TPSA) is 77.3 Å². The van der Waals surface area contributed by atoms with Gasteiger partial charge < -0.3 is 10.2 Å². The van der Waals surface area contributed by atoms with Crippen molar-refractivity contribution in [3.63, 3.8) is 0 Å². The Morgan fingerprint density at radius 1 is 1.09 bits per heavy atom. The van der Waals surface area contributed by atoms with Crippen LogP contribution in [0.5, 0.6) is 0 Å². The average Bonchev–Trinajstić information content (AvgIpc) is 3.01. The number of aliphatic imine (C=N–C) groups is 1. The summed E-state index contributed by atoms with van der Waals surface area (Å²) in [6.07, 6.45) is 3.48. The Labute approximate surface area is 132 Å². The molecule has 0 saturated heterocycles. The standard InChI is InChI=1S/C18H14N4O/c1-11(19)21-15-4-5-16-14(8-15)10-20-18(22-16)13-3-2-12-6-7-23-17(12)9-13/h2-10H,1H3,(H2,19,21). The van der Waals surface area contributed by atoms with Gasteiger partial charge in [-0.1, -0.05) is 12.1 Å². The SMILES string of the molecule is CC(N)=Nc1ccc2nc(-c3ccc4ccoc4c3)ncc2c1. The Kier molecular flexibility index (Phi) is 3.05. The second kappa shape index (κ2) is 5.21. The van der Waals surface area contributed by atoms with Gasteiger partial charge in [0.05, 0.1) is 23.3 Å². The first-order valence-electron chi connectivity index (χ1n) is 7.24. The van der Waals surface area contributed by atoms with E-state index in [0.29, 0.717) is 11.7 Å². The molecule has 5 heteroatoms. The van der Waals surface area contributed by atoms with Crippen molar-refractivity contribution in [2.45, 2.75) is 6.92 Å². The van der Waals surface area contributed by atoms with E-state index >= 15 is 0 Å². The number of benzene rings is 2. The maximum atomic E-state index is 5.62. The van der Waals surface area contributed by atoms with Crippen molar-refractivity contribution >= 4 is 33.4 Å². The summed E-state index contributed by atoms with van der Waals surface area (Å²) >= 11 is 0. The highest BCUT2D eigenvalue weighted by Crippen LogP contribution is 2.25. The highest BCUT2D eigenvalue weighted by atomic mass is 16.3. The van der Waals surface area contributed by atoms with Crippen molar-refractivity contribution in [3.8, 4) is 11.4 Å². The van der Waals surface area contributed by atoms with E-state index in [0.717, 1.165) is 33.1 Å². The third kappa shape index (κ3) is 2.53. The first-order valence-corrected chi connectivity index (χ1v) is 7.24. The van der Waals surface area contributed by atoms with E-state index in [1.807, 2.05) is 42.5 Å². The second-order valence-corrected chi connectivity index (χ2v) is 5.36. The van der Waals surface area contributed by atoms with Crippen LogP contribution >= 0.6 is 0 Å². The maximum Gasteiger partial charge on any atom is 0.159 e. The monoisotopic (exact) mass is 302 g/mol. The van der Waals surface area contributed by atoms with E-state index in [9.17, 15) is 0 Å². The third-order valence-electron chi connectivity index (χ3n) is 3.58. The van der Waals surface area contributed by atoms with Crippen LogP contribution in [0.4, 0.5) is 5.69 Å². The van der Waals surface area contributed by atoms with Gasteiger partial charge in [0.25, 0.3) is 0 Å². The molecule has 0 saturated carbocycles. The molecule has 0 atom stereocenters. The van der Waals surface area contributed by atoms with E-state index in [-0.39, 0.29) is 0 Å². The van der Waals surface area contributed by atoms with Gasteiger partial charge in [-0.3, -0.25) is 0 Å². The Bertz CT molecular complexity index is 1050. The number of hydrogen-bond acceptors (Lipinski definition) is 4. The molecule has 4 rings (SSSR count). The number of fused-ring (bicyclic) bond motifs is 2. The van der Waals surface area contributed by atoms with Crippen molar-refractivity contribution in [2.75, 3.05) is 0 Å². The van der Waals surface area contributed by atoms with Crippen molar-refractivity contribution < 1.29 is 4.42 Å². The molecule has 0 aliphatic rings. The zero-order valence-electron chi connectivity index (χ0n) is 12.5. The molecule has 0 aliphatic carbocycles. The highest BCUT2D eigenvalue weighted by molar-refractivity contribution is 5.87. The van der Waals surface area contributed by atoms with Gasteiger partial charge in [0.15, 0.2) is 5.82 Å². The fourth-order valence-corrected chi connectivity index (χ4v) is 2.53. The molecule has 0 radical (unpaired) electrons. The summed E-state index contributed by atoms with van der Waals surface area (Å²) in [4.78, 5) is 13.3. The molecule has 0 unspecified atom stereocenters. The number of rotatable bonds is 2. The number of hydrogen-bond donors (Lipinski definition) is 1. The number of nitrogens with two attached hydrogens (primary N) is 1. The fourth-order valence-electron chi connectivity index (χ4n) is 2.53. The third-order valence-corrected chi connectivity index (χ3v) is 3.58. The molecule has 2 aromatic carbocycles. The molecule has 5 nitrogen and oxygen atoms in total. The van der Waals surface area contributed by atoms with Crippen molar-refractivity contribution in [1.82, 2.24) is 9.97 Å². The van der Waals surface area contributed by atoms with Crippen LogP contribution in [-0.2, 0) is 0 Å². The minimum Gasteiger partial charge on any atom is -0.464 e. The van der Waals surface area contributed by atoms with Crippen molar-refractivity contribution in [3.05, 3.63) is 54.9 Å². The predicted octanol–water partition coefficient (Wildman–Crippen LogP) is 4.05. The molecule has 0 spiro atoms. The summed E-state index contributed by atoms with van der Waals surface area (Å²) in [6.45, 7) is 1.76. The molecule has 2 aromatic heterocycles. The number of aromatic nitrogens is 2. The minimum absolute atomic E-state index is 0.522. The van der Waals surface area contributed by atoms with E-state index in [2.05, 4.69) is 15.0 Å². The molecule has 2 heterocycles. The molecule has 0 fully saturated rings. The summed E-state index contributed by atoms with van der Waals surface area (Å²) in [7, 11) is 0. The molecule has 23 heavy (non-hydrogen) atoms. The van der Waals surface area contributed by atoms with Crippen LogP contribution in [0.2, 0.25) is 0 Å². The number of nitrogens with zero attached hydrogens (tertiary/aromatic N) is 3.